The molecule has 1 fully saturated rings. The van der Waals surface area contributed by atoms with E-state index in [0.717, 1.165) is 45.4 Å². The van der Waals surface area contributed by atoms with E-state index in [1.54, 1.807) is 0 Å². The van der Waals surface area contributed by atoms with E-state index in [1.807, 2.05) is 18.4 Å². The molecule has 1 aromatic carbocycles. The third kappa shape index (κ3) is 5.30. The number of rotatable bonds is 6. The van der Waals surface area contributed by atoms with Crippen molar-refractivity contribution < 1.29 is 4.74 Å². The van der Waals surface area contributed by atoms with Crippen molar-refractivity contribution in [1.82, 2.24) is 15.5 Å². The van der Waals surface area contributed by atoms with E-state index in [0.29, 0.717) is 6.04 Å². The molecule has 1 atom stereocenters. The average Bonchev–Trinajstić information content (AvgIpc) is 3.21. The van der Waals surface area contributed by atoms with Crippen LogP contribution in [0, 0.1) is 6.92 Å². The fraction of sp³-hybridized carbons (Fsp3) is 0.450. The van der Waals surface area contributed by atoms with Crippen LogP contribution in [0.5, 0.6) is 0 Å². The van der Waals surface area contributed by atoms with E-state index in [4.69, 9.17) is 4.74 Å². The molecule has 1 aliphatic heterocycles. The number of guanidine groups is 1. The second kappa shape index (κ2) is 9.71. The first-order valence-corrected chi connectivity index (χ1v) is 9.99. The number of nitrogens with one attached hydrogen (secondary N) is 2. The Labute approximate surface area is 160 Å². The quantitative estimate of drug-likeness (QED) is 0.605. The van der Waals surface area contributed by atoms with Gasteiger partial charge in [-0.2, -0.15) is 0 Å². The Morgan fingerprint density at radius 1 is 1.19 bits per heavy atom. The van der Waals surface area contributed by atoms with Crippen LogP contribution in [-0.4, -0.2) is 50.8 Å². The van der Waals surface area contributed by atoms with E-state index in [9.17, 15) is 0 Å². The van der Waals surface area contributed by atoms with Gasteiger partial charge in [-0.05, 0) is 23.9 Å². The van der Waals surface area contributed by atoms with Gasteiger partial charge in [-0.25, -0.2) is 0 Å². The number of hydrogen-bond donors (Lipinski definition) is 2. The van der Waals surface area contributed by atoms with E-state index in [1.165, 1.54) is 16.0 Å². The molecule has 1 saturated heterocycles. The molecule has 6 heteroatoms. The first-order valence-electron chi connectivity index (χ1n) is 9.11. The molecule has 0 amide bonds. The van der Waals surface area contributed by atoms with Gasteiger partial charge in [0.1, 0.15) is 0 Å². The topological polar surface area (TPSA) is 48.9 Å². The molecule has 0 spiro atoms. The molecule has 2 heterocycles. The highest BCUT2D eigenvalue weighted by atomic mass is 32.1. The molecule has 1 aromatic heterocycles. The smallest absolute Gasteiger partial charge is 0.191 e. The number of ether oxygens (including phenoxy) is 1. The minimum atomic E-state index is 0.344. The third-order valence-electron chi connectivity index (χ3n) is 4.63. The predicted octanol–water partition coefficient (Wildman–Crippen LogP) is 2.80. The summed E-state index contributed by atoms with van der Waals surface area (Å²) in [5.74, 6) is 0.834. The Hall–Kier alpha value is -1.89. The van der Waals surface area contributed by atoms with Crippen LogP contribution in [0.25, 0.3) is 0 Å². The van der Waals surface area contributed by atoms with Crippen molar-refractivity contribution in [2.24, 2.45) is 4.99 Å². The van der Waals surface area contributed by atoms with E-state index < -0.39 is 0 Å². The molecule has 1 aliphatic rings. The van der Waals surface area contributed by atoms with Gasteiger partial charge in [0, 0.05) is 38.1 Å². The number of aliphatic imine (C=N–C) groups is 1. The molecule has 2 aromatic rings. The lowest BCUT2D eigenvalue weighted by Crippen LogP contribution is -2.46. The highest BCUT2D eigenvalue weighted by molar-refractivity contribution is 7.10. The third-order valence-corrected chi connectivity index (χ3v) is 5.60. The number of nitrogens with zero attached hydrogens (tertiary/aromatic N) is 2. The van der Waals surface area contributed by atoms with Crippen LogP contribution >= 0.6 is 11.3 Å². The second-order valence-electron chi connectivity index (χ2n) is 6.47. The highest BCUT2D eigenvalue weighted by Crippen LogP contribution is 2.25. The van der Waals surface area contributed by atoms with Crippen molar-refractivity contribution in [2.45, 2.75) is 19.5 Å². The standard InChI is InChI=1S/C20H28N4OS/c1-16-5-7-17(8-6-16)14-22-20(21-2)23-15-18(19-4-3-13-26-19)24-9-11-25-12-10-24/h3-8,13,18H,9-12,14-15H2,1-2H3,(H2,21,22,23). The van der Waals surface area contributed by atoms with Gasteiger partial charge < -0.3 is 15.4 Å². The molecule has 0 aliphatic carbocycles. The lowest BCUT2D eigenvalue weighted by Gasteiger charge is -2.34. The normalized spacial score (nSPS) is 17.1. The Kier molecular flexibility index (Phi) is 7.05. The predicted molar refractivity (Wildman–Crippen MR) is 109 cm³/mol. The molecule has 1 unspecified atom stereocenters. The minimum absolute atomic E-state index is 0.344. The van der Waals surface area contributed by atoms with Crippen LogP contribution in [0.4, 0.5) is 0 Å². The maximum Gasteiger partial charge on any atom is 0.191 e. The van der Waals surface area contributed by atoms with Gasteiger partial charge in [0.15, 0.2) is 5.96 Å². The van der Waals surface area contributed by atoms with Crippen molar-refractivity contribution in [2.75, 3.05) is 39.9 Å². The first-order chi connectivity index (χ1) is 12.8. The van der Waals surface area contributed by atoms with Crippen molar-refractivity contribution >= 4 is 17.3 Å². The summed E-state index contributed by atoms with van der Waals surface area (Å²) in [6.45, 7) is 7.26. The summed E-state index contributed by atoms with van der Waals surface area (Å²) in [4.78, 5) is 8.25. The average molecular weight is 373 g/mol. The number of thiophene rings is 1. The molecule has 140 valence electrons. The molecule has 0 saturated carbocycles. The highest BCUT2D eigenvalue weighted by Gasteiger charge is 2.23. The Morgan fingerprint density at radius 3 is 2.62 bits per heavy atom. The molecular weight excluding hydrogens is 344 g/mol. The summed E-state index contributed by atoms with van der Waals surface area (Å²) in [5.41, 5.74) is 2.53. The molecule has 3 rings (SSSR count). The SMILES string of the molecule is CN=C(NCc1ccc(C)cc1)NCC(c1cccs1)N1CCOCC1. The molecular formula is C20H28N4OS. The van der Waals surface area contributed by atoms with Gasteiger partial charge in [0.25, 0.3) is 0 Å². The Morgan fingerprint density at radius 2 is 1.96 bits per heavy atom. The number of aryl methyl sites for hydroxylation is 1. The van der Waals surface area contributed by atoms with Crippen LogP contribution in [0.15, 0.2) is 46.8 Å². The first kappa shape index (κ1) is 18.9. The molecule has 5 nitrogen and oxygen atoms in total. The fourth-order valence-electron chi connectivity index (χ4n) is 3.09. The number of morpholine rings is 1. The van der Waals surface area contributed by atoms with Crippen LogP contribution < -0.4 is 10.6 Å². The fourth-order valence-corrected chi connectivity index (χ4v) is 3.95. The Balaban J connectivity index is 1.56. The molecule has 2 N–H and O–H groups in total. The summed E-state index contributed by atoms with van der Waals surface area (Å²) >= 11 is 1.81. The minimum Gasteiger partial charge on any atom is -0.379 e. The zero-order chi connectivity index (χ0) is 18.2. The lowest BCUT2D eigenvalue weighted by molar-refractivity contribution is 0.0177. The summed E-state index contributed by atoms with van der Waals surface area (Å²) in [5, 5.41) is 9.05. The molecule has 26 heavy (non-hydrogen) atoms. The van der Waals surface area contributed by atoms with Crippen LogP contribution in [0.2, 0.25) is 0 Å². The number of hydrogen-bond acceptors (Lipinski definition) is 4. The maximum atomic E-state index is 5.52. The molecule has 0 bridgehead atoms. The molecule has 0 radical (unpaired) electrons. The van der Waals surface area contributed by atoms with Crippen LogP contribution in [-0.2, 0) is 11.3 Å². The van der Waals surface area contributed by atoms with Gasteiger partial charge in [0.2, 0.25) is 0 Å². The maximum absolute atomic E-state index is 5.52. The van der Waals surface area contributed by atoms with Crippen molar-refractivity contribution in [3.63, 3.8) is 0 Å². The summed E-state index contributed by atoms with van der Waals surface area (Å²) in [6.07, 6.45) is 0. The lowest BCUT2D eigenvalue weighted by atomic mass is 10.1. The summed E-state index contributed by atoms with van der Waals surface area (Å²) < 4.78 is 5.52. The van der Waals surface area contributed by atoms with E-state index in [-0.39, 0.29) is 0 Å². The Bertz CT molecular complexity index is 678. The van der Waals surface area contributed by atoms with Gasteiger partial charge in [0.05, 0.1) is 19.3 Å². The zero-order valence-corrected chi connectivity index (χ0v) is 16.4. The van der Waals surface area contributed by atoms with E-state index in [2.05, 4.69) is 69.2 Å². The second-order valence-corrected chi connectivity index (χ2v) is 7.45. The van der Waals surface area contributed by atoms with Crippen LogP contribution in [0.3, 0.4) is 0 Å². The van der Waals surface area contributed by atoms with Gasteiger partial charge in [-0.15, -0.1) is 11.3 Å². The summed E-state index contributed by atoms with van der Waals surface area (Å²) in [6, 6.07) is 13.3. The number of benzene rings is 1. The van der Waals surface area contributed by atoms with Gasteiger partial charge in [-0.1, -0.05) is 35.9 Å². The van der Waals surface area contributed by atoms with E-state index >= 15 is 0 Å². The summed E-state index contributed by atoms with van der Waals surface area (Å²) in [7, 11) is 1.82. The van der Waals surface area contributed by atoms with Gasteiger partial charge >= 0.3 is 0 Å². The van der Waals surface area contributed by atoms with Crippen molar-refractivity contribution in [3.05, 3.63) is 57.8 Å². The zero-order valence-electron chi connectivity index (χ0n) is 15.6. The van der Waals surface area contributed by atoms with Gasteiger partial charge in [-0.3, -0.25) is 9.89 Å². The van der Waals surface area contributed by atoms with Crippen molar-refractivity contribution in [1.29, 1.82) is 0 Å². The van der Waals surface area contributed by atoms with Crippen molar-refractivity contribution in [3.8, 4) is 0 Å². The largest absolute Gasteiger partial charge is 0.379 e. The monoisotopic (exact) mass is 372 g/mol. The van der Waals surface area contributed by atoms with Crippen LogP contribution in [0.1, 0.15) is 22.0 Å².